The normalized spacial score (nSPS) is 19.9. The van der Waals surface area contributed by atoms with E-state index in [2.05, 4.69) is 10.4 Å². The van der Waals surface area contributed by atoms with E-state index in [9.17, 15) is 0 Å². The highest BCUT2D eigenvalue weighted by molar-refractivity contribution is 5.76. The number of rotatable bonds is 5. The van der Waals surface area contributed by atoms with Gasteiger partial charge in [0.2, 0.25) is 0 Å². The second-order valence-electron chi connectivity index (χ2n) is 7.11. The molecule has 1 aliphatic carbocycles. The van der Waals surface area contributed by atoms with E-state index in [4.69, 9.17) is 21.2 Å². The van der Waals surface area contributed by atoms with E-state index in [1.165, 1.54) is 0 Å². The van der Waals surface area contributed by atoms with Crippen molar-refractivity contribution in [2.75, 3.05) is 17.7 Å². The number of aromatic nitrogens is 3. The Kier molecular flexibility index (Phi) is 4.85. The maximum absolute atomic E-state index is 6.04. The zero-order valence-electron chi connectivity index (χ0n) is 15.6. The number of anilines is 3. The van der Waals surface area contributed by atoms with Crippen molar-refractivity contribution in [2.24, 2.45) is 5.73 Å². The number of hydrogen-bond acceptors (Lipinski definition) is 6. The average Bonchev–Trinajstić information content (AvgIpc) is 3.07. The van der Waals surface area contributed by atoms with Gasteiger partial charge in [0, 0.05) is 29.8 Å². The molecular formula is C20H26N6O. The summed E-state index contributed by atoms with van der Waals surface area (Å²) in [7, 11) is 0. The van der Waals surface area contributed by atoms with Crippen molar-refractivity contribution >= 4 is 22.8 Å². The number of nitrogens with one attached hydrogen (secondary N) is 1. The molecule has 5 N–H and O–H groups in total. The first-order chi connectivity index (χ1) is 13.1. The quantitative estimate of drug-likeness (QED) is 0.639. The maximum atomic E-state index is 6.04. The Morgan fingerprint density at radius 3 is 2.81 bits per heavy atom. The highest BCUT2D eigenvalue weighted by atomic mass is 16.5. The van der Waals surface area contributed by atoms with Crippen LogP contribution in [-0.2, 0) is 0 Å². The van der Waals surface area contributed by atoms with E-state index in [-0.39, 0.29) is 0 Å². The third kappa shape index (κ3) is 3.83. The van der Waals surface area contributed by atoms with Crippen LogP contribution in [0.3, 0.4) is 0 Å². The second-order valence-corrected chi connectivity index (χ2v) is 7.11. The zero-order chi connectivity index (χ0) is 18.8. The molecule has 0 amide bonds. The number of fused-ring (bicyclic) bond motifs is 1. The average molecular weight is 366 g/mol. The fraction of sp³-hybridized carbons (Fsp3) is 0.400. The lowest BCUT2D eigenvalue weighted by Crippen LogP contribution is -2.25. The van der Waals surface area contributed by atoms with Crippen molar-refractivity contribution in [1.29, 1.82) is 0 Å². The van der Waals surface area contributed by atoms with Gasteiger partial charge in [-0.1, -0.05) is 6.07 Å². The van der Waals surface area contributed by atoms with E-state index in [1.807, 2.05) is 43.5 Å². The van der Waals surface area contributed by atoms with Gasteiger partial charge in [-0.3, -0.25) is 0 Å². The fourth-order valence-corrected chi connectivity index (χ4v) is 3.70. The van der Waals surface area contributed by atoms with Crippen LogP contribution in [0, 0.1) is 0 Å². The molecule has 1 aromatic carbocycles. The Hall–Kier alpha value is -2.80. The number of imidazole rings is 1. The highest BCUT2D eigenvalue weighted by Crippen LogP contribution is 2.33. The van der Waals surface area contributed by atoms with E-state index < -0.39 is 0 Å². The van der Waals surface area contributed by atoms with Gasteiger partial charge in [-0.05, 0) is 44.7 Å². The van der Waals surface area contributed by atoms with Crippen LogP contribution in [0.4, 0.5) is 17.2 Å². The number of ether oxygens (including phenoxy) is 1. The highest BCUT2D eigenvalue weighted by Gasteiger charge is 2.23. The summed E-state index contributed by atoms with van der Waals surface area (Å²) in [6.45, 7) is 2.60. The molecule has 0 radical (unpaired) electrons. The molecule has 7 heteroatoms. The van der Waals surface area contributed by atoms with Crippen LogP contribution in [0.1, 0.15) is 44.2 Å². The molecule has 0 saturated heterocycles. The fourth-order valence-electron chi connectivity index (χ4n) is 3.70. The van der Waals surface area contributed by atoms with Crippen LogP contribution in [0.5, 0.6) is 5.75 Å². The van der Waals surface area contributed by atoms with E-state index in [0.29, 0.717) is 24.4 Å². The van der Waals surface area contributed by atoms with Gasteiger partial charge in [-0.2, -0.15) is 0 Å². The van der Waals surface area contributed by atoms with E-state index in [0.717, 1.165) is 54.1 Å². The smallest absolute Gasteiger partial charge is 0.177 e. The van der Waals surface area contributed by atoms with Crippen molar-refractivity contribution in [1.82, 2.24) is 14.6 Å². The predicted molar refractivity (Wildman–Crippen MR) is 107 cm³/mol. The van der Waals surface area contributed by atoms with Crippen molar-refractivity contribution in [3.63, 3.8) is 0 Å². The molecule has 4 rings (SSSR count). The lowest BCUT2D eigenvalue weighted by molar-refractivity contribution is 0.340. The third-order valence-electron chi connectivity index (χ3n) is 5.08. The summed E-state index contributed by atoms with van der Waals surface area (Å²) in [5.41, 5.74) is 15.6. The van der Waals surface area contributed by atoms with Crippen LogP contribution >= 0.6 is 0 Å². The topological polar surface area (TPSA) is 103 Å². The van der Waals surface area contributed by atoms with Crippen LogP contribution in [0.2, 0.25) is 0 Å². The first-order valence-corrected chi connectivity index (χ1v) is 9.53. The van der Waals surface area contributed by atoms with Gasteiger partial charge in [0.1, 0.15) is 11.6 Å². The minimum atomic E-state index is 0.321. The van der Waals surface area contributed by atoms with E-state index in [1.54, 1.807) is 4.52 Å². The summed E-state index contributed by atoms with van der Waals surface area (Å²) in [5.74, 6) is 1.70. The molecule has 3 aromatic rings. The molecule has 2 heterocycles. The van der Waals surface area contributed by atoms with Crippen molar-refractivity contribution in [2.45, 2.75) is 44.6 Å². The SMILES string of the molecule is CCOc1cccc(Nc2cc(N)nn3cc([C@H]4CC[C@H](N)CC4)nc23)c1. The third-order valence-corrected chi connectivity index (χ3v) is 5.08. The van der Waals surface area contributed by atoms with Crippen molar-refractivity contribution < 1.29 is 4.74 Å². The molecule has 0 unspecified atom stereocenters. The molecule has 0 atom stereocenters. The van der Waals surface area contributed by atoms with Crippen LogP contribution in [0.25, 0.3) is 5.65 Å². The predicted octanol–water partition coefficient (Wildman–Crippen LogP) is 3.44. The monoisotopic (exact) mass is 366 g/mol. The lowest BCUT2D eigenvalue weighted by atomic mass is 9.85. The Morgan fingerprint density at radius 1 is 1.22 bits per heavy atom. The number of nitrogens with two attached hydrogens (primary N) is 2. The van der Waals surface area contributed by atoms with Crippen molar-refractivity contribution in [3.05, 3.63) is 42.2 Å². The summed E-state index contributed by atoms with van der Waals surface area (Å²) in [5, 5.41) is 7.80. The molecule has 7 nitrogen and oxygen atoms in total. The summed E-state index contributed by atoms with van der Waals surface area (Å²) in [6, 6.07) is 9.98. The van der Waals surface area contributed by atoms with Gasteiger partial charge in [-0.25, -0.2) is 9.50 Å². The molecule has 0 spiro atoms. The lowest BCUT2D eigenvalue weighted by Gasteiger charge is -2.24. The molecule has 2 aromatic heterocycles. The van der Waals surface area contributed by atoms with Gasteiger partial charge in [0.25, 0.3) is 0 Å². The molecule has 1 aliphatic rings. The summed E-state index contributed by atoms with van der Waals surface area (Å²) < 4.78 is 7.35. The first-order valence-electron chi connectivity index (χ1n) is 9.53. The van der Waals surface area contributed by atoms with Gasteiger partial charge in [0.15, 0.2) is 5.65 Å². The van der Waals surface area contributed by atoms with Gasteiger partial charge >= 0.3 is 0 Å². The largest absolute Gasteiger partial charge is 0.494 e. The zero-order valence-corrected chi connectivity index (χ0v) is 15.6. The van der Waals surface area contributed by atoms with E-state index >= 15 is 0 Å². The summed E-state index contributed by atoms with van der Waals surface area (Å²) in [6.07, 6.45) is 6.22. The summed E-state index contributed by atoms with van der Waals surface area (Å²) >= 11 is 0. The van der Waals surface area contributed by atoms with Crippen LogP contribution < -0.4 is 21.5 Å². The second kappa shape index (κ2) is 7.44. The molecule has 1 saturated carbocycles. The Balaban J connectivity index is 1.65. The van der Waals surface area contributed by atoms with Crippen molar-refractivity contribution in [3.8, 4) is 5.75 Å². The molecule has 142 valence electrons. The minimum absolute atomic E-state index is 0.321. The molecular weight excluding hydrogens is 340 g/mol. The Bertz CT molecular complexity index is 929. The molecule has 27 heavy (non-hydrogen) atoms. The van der Waals surface area contributed by atoms with Crippen LogP contribution in [-0.4, -0.2) is 27.2 Å². The standard InChI is InChI=1S/C20H26N6O/c1-2-27-16-5-3-4-15(10-16)23-17-11-19(22)25-26-12-18(24-20(17)26)13-6-8-14(21)9-7-13/h3-5,10-14,23H,2,6-9,21H2,1H3,(H2,22,25)/t13-,14-. The number of nitrogens with zero attached hydrogens (tertiary/aromatic N) is 3. The molecule has 0 aliphatic heterocycles. The number of hydrogen-bond donors (Lipinski definition) is 3. The summed E-state index contributed by atoms with van der Waals surface area (Å²) in [4.78, 5) is 4.87. The minimum Gasteiger partial charge on any atom is -0.494 e. The van der Waals surface area contributed by atoms with Gasteiger partial charge < -0.3 is 21.5 Å². The Labute approximate surface area is 158 Å². The van der Waals surface area contributed by atoms with Gasteiger partial charge in [0.05, 0.1) is 24.2 Å². The number of nitrogen functional groups attached to an aromatic ring is 1. The molecule has 1 fully saturated rings. The number of benzene rings is 1. The molecule has 0 bridgehead atoms. The van der Waals surface area contributed by atoms with Gasteiger partial charge in [-0.15, -0.1) is 5.10 Å². The maximum Gasteiger partial charge on any atom is 0.177 e. The Morgan fingerprint density at radius 2 is 2.04 bits per heavy atom. The van der Waals surface area contributed by atoms with Crippen LogP contribution in [0.15, 0.2) is 36.5 Å². The first kappa shape index (κ1) is 17.6.